The topological polar surface area (TPSA) is 15.3 Å². The zero-order valence-electron chi connectivity index (χ0n) is 11.9. The number of hydrogen-bond donors (Lipinski definition) is 1. The number of rotatable bonds is 4. The van der Waals surface area contributed by atoms with Crippen LogP contribution in [0.2, 0.25) is 5.02 Å². The normalized spacial score (nSPS) is 10.4. The lowest BCUT2D eigenvalue weighted by Crippen LogP contribution is -2.11. The Morgan fingerprint density at radius 1 is 1.15 bits per heavy atom. The predicted molar refractivity (Wildman–Crippen MR) is 92.0 cm³/mol. The molecule has 0 spiro atoms. The van der Waals surface area contributed by atoms with Gasteiger partial charge in [0, 0.05) is 41.5 Å². The van der Waals surface area contributed by atoms with Crippen LogP contribution in [0, 0.1) is 6.92 Å². The number of aryl methyl sites for hydroxylation is 1. The maximum Gasteiger partial charge on any atom is 0.0412 e. The SMILES string of the molecule is Cc1ccc(NCc2cc(Cl)ccc2Br)cc1N(C)C. The van der Waals surface area contributed by atoms with Crippen molar-refractivity contribution in [3.8, 4) is 0 Å². The number of hydrogen-bond acceptors (Lipinski definition) is 2. The Balaban J connectivity index is 2.15. The van der Waals surface area contributed by atoms with E-state index < -0.39 is 0 Å². The number of nitrogens with one attached hydrogen (secondary N) is 1. The summed E-state index contributed by atoms with van der Waals surface area (Å²) in [5.74, 6) is 0. The van der Waals surface area contributed by atoms with Crippen LogP contribution in [0.25, 0.3) is 0 Å². The minimum absolute atomic E-state index is 0.733. The molecule has 0 saturated carbocycles. The summed E-state index contributed by atoms with van der Waals surface area (Å²) in [7, 11) is 4.11. The average Bonchev–Trinajstić information content (AvgIpc) is 2.41. The molecule has 4 heteroatoms. The summed E-state index contributed by atoms with van der Waals surface area (Å²) < 4.78 is 1.06. The lowest BCUT2D eigenvalue weighted by molar-refractivity contribution is 1.10. The Labute approximate surface area is 133 Å². The van der Waals surface area contributed by atoms with E-state index in [4.69, 9.17) is 11.6 Å². The van der Waals surface area contributed by atoms with E-state index in [-0.39, 0.29) is 0 Å². The minimum atomic E-state index is 0.733. The molecule has 0 aliphatic carbocycles. The molecule has 0 atom stereocenters. The van der Waals surface area contributed by atoms with E-state index in [0.29, 0.717) is 0 Å². The molecule has 106 valence electrons. The van der Waals surface area contributed by atoms with E-state index in [1.807, 2.05) is 18.2 Å². The van der Waals surface area contributed by atoms with Gasteiger partial charge in [-0.1, -0.05) is 33.6 Å². The van der Waals surface area contributed by atoms with Crippen molar-refractivity contribution in [3.63, 3.8) is 0 Å². The van der Waals surface area contributed by atoms with E-state index in [9.17, 15) is 0 Å². The second kappa shape index (κ2) is 6.51. The van der Waals surface area contributed by atoms with Gasteiger partial charge in [0.1, 0.15) is 0 Å². The molecule has 0 aliphatic heterocycles. The molecule has 0 amide bonds. The second-order valence-electron chi connectivity index (χ2n) is 4.98. The lowest BCUT2D eigenvalue weighted by atomic mass is 10.1. The number of nitrogens with zero attached hydrogens (tertiary/aromatic N) is 1. The molecule has 2 aromatic rings. The van der Waals surface area contributed by atoms with Gasteiger partial charge in [-0.05, 0) is 48.4 Å². The monoisotopic (exact) mass is 352 g/mol. The van der Waals surface area contributed by atoms with Gasteiger partial charge in [-0.2, -0.15) is 0 Å². The van der Waals surface area contributed by atoms with Crippen LogP contribution in [-0.2, 0) is 6.54 Å². The Morgan fingerprint density at radius 3 is 2.60 bits per heavy atom. The summed E-state index contributed by atoms with van der Waals surface area (Å²) in [5.41, 5.74) is 4.74. The summed E-state index contributed by atoms with van der Waals surface area (Å²) in [4.78, 5) is 2.12. The van der Waals surface area contributed by atoms with Gasteiger partial charge in [-0.3, -0.25) is 0 Å². The average molecular weight is 354 g/mol. The second-order valence-corrected chi connectivity index (χ2v) is 6.28. The smallest absolute Gasteiger partial charge is 0.0412 e. The molecule has 0 aliphatic rings. The van der Waals surface area contributed by atoms with Crippen molar-refractivity contribution in [2.45, 2.75) is 13.5 Å². The highest BCUT2D eigenvalue weighted by Crippen LogP contribution is 2.25. The Kier molecular flexibility index (Phi) is 4.95. The summed E-state index contributed by atoms with van der Waals surface area (Å²) in [6.45, 7) is 2.85. The van der Waals surface area contributed by atoms with Crippen LogP contribution in [0.15, 0.2) is 40.9 Å². The third kappa shape index (κ3) is 3.68. The van der Waals surface area contributed by atoms with E-state index >= 15 is 0 Å². The highest BCUT2D eigenvalue weighted by molar-refractivity contribution is 9.10. The number of benzene rings is 2. The van der Waals surface area contributed by atoms with Gasteiger partial charge in [0.15, 0.2) is 0 Å². The molecule has 2 nitrogen and oxygen atoms in total. The largest absolute Gasteiger partial charge is 0.381 e. The fourth-order valence-electron chi connectivity index (χ4n) is 2.08. The van der Waals surface area contributed by atoms with Gasteiger partial charge in [0.2, 0.25) is 0 Å². The fourth-order valence-corrected chi connectivity index (χ4v) is 2.66. The van der Waals surface area contributed by atoms with E-state index in [1.54, 1.807) is 0 Å². The predicted octanol–water partition coefficient (Wildman–Crippen LogP) is 5.09. The Bertz CT molecular complexity index is 611. The van der Waals surface area contributed by atoms with Crippen molar-refractivity contribution < 1.29 is 0 Å². The van der Waals surface area contributed by atoms with Crippen molar-refractivity contribution in [2.24, 2.45) is 0 Å². The van der Waals surface area contributed by atoms with Crippen molar-refractivity contribution >= 4 is 38.9 Å². The van der Waals surface area contributed by atoms with E-state index in [1.165, 1.54) is 11.3 Å². The Morgan fingerprint density at radius 2 is 1.90 bits per heavy atom. The number of anilines is 2. The van der Waals surface area contributed by atoms with Crippen LogP contribution in [0.4, 0.5) is 11.4 Å². The van der Waals surface area contributed by atoms with E-state index in [2.05, 4.69) is 65.4 Å². The quantitative estimate of drug-likeness (QED) is 0.823. The summed E-state index contributed by atoms with van der Waals surface area (Å²) in [6, 6.07) is 12.2. The van der Waals surface area contributed by atoms with Crippen molar-refractivity contribution in [1.82, 2.24) is 0 Å². The molecule has 0 fully saturated rings. The van der Waals surface area contributed by atoms with Gasteiger partial charge in [-0.25, -0.2) is 0 Å². The Hall–Kier alpha value is -1.19. The molecule has 20 heavy (non-hydrogen) atoms. The van der Waals surface area contributed by atoms with Crippen LogP contribution < -0.4 is 10.2 Å². The first-order valence-corrected chi connectivity index (χ1v) is 7.60. The first-order valence-electron chi connectivity index (χ1n) is 6.43. The van der Waals surface area contributed by atoms with E-state index in [0.717, 1.165) is 27.3 Å². The van der Waals surface area contributed by atoms with Gasteiger partial charge in [-0.15, -0.1) is 0 Å². The third-order valence-electron chi connectivity index (χ3n) is 3.18. The summed E-state index contributed by atoms with van der Waals surface area (Å²) in [5, 5.41) is 4.19. The zero-order chi connectivity index (χ0) is 14.7. The molecule has 0 heterocycles. The zero-order valence-corrected chi connectivity index (χ0v) is 14.2. The first-order chi connectivity index (χ1) is 9.47. The molecular formula is C16H18BrClN2. The highest BCUT2D eigenvalue weighted by Gasteiger charge is 2.04. The maximum absolute atomic E-state index is 6.03. The summed E-state index contributed by atoms with van der Waals surface area (Å²) >= 11 is 9.58. The van der Waals surface area contributed by atoms with Crippen LogP contribution in [0.1, 0.15) is 11.1 Å². The van der Waals surface area contributed by atoms with Crippen LogP contribution in [0.3, 0.4) is 0 Å². The molecule has 0 unspecified atom stereocenters. The molecule has 0 radical (unpaired) electrons. The molecule has 0 saturated heterocycles. The van der Waals surface area contributed by atoms with Crippen LogP contribution >= 0.6 is 27.5 Å². The molecule has 2 rings (SSSR count). The van der Waals surface area contributed by atoms with Crippen LogP contribution in [-0.4, -0.2) is 14.1 Å². The third-order valence-corrected chi connectivity index (χ3v) is 4.19. The van der Waals surface area contributed by atoms with Gasteiger partial charge in [0.25, 0.3) is 0 Å². The van der Waals surface area contributed by atoms with Crippen molar-refractivity contribution in [1.29, 1.82) is 0 Å². The number of halogens is 2. The van der Waals surface area contributed by atoms with Crippen molar-refractivity contribution in [3.05, 3.63) is 57.0 Å². The highest BCUT2D eigenvalue weighted by atomic mass is 79.9. The molecule has 0 bridgehead atoms. The molecule has 0 aromatic heterocycles. The van der Waals surface area contributed by atoms with Crippen LogP contribution in [0.5, 0.6) is 0 Å². The molecule has 2 aromatic carbocycles. The fraction of sp³-hybridized carbons (Fsp3) is 0.250. The first kappa shape index (κ1) is 15.2. The minimum Gasteiger partial charge on any atom is -0.381 e. The molecular weight excluding hydrogens is 336 g/mol. The van der Waals surface area contributed by atoms with Crippen molar-refractivity contribution in [2.75, 3.05) is 24.3 Å². The maximum atomic E-state index is 6.03. The lowest BCUT2D eigenvalue weighted by Gasteiger charge is -2.17. The molecule has 1 N–H and O–H groups in total. The summed E-state index contributed by atoms with van der Waals surface area (Å²) in [6.07, 6.45) is 0. The van der Waals surface area contributed by atoms with Gasteiger partial charge < -0.3 is 10.2 Å². The van der Waals surface area contributed by atoms with Gasteiger partial charge >= 0.3 is 0 Å². The standard InChI is InChI=1S/C16H18BrClN2/c1-11-4-6-14(9-16(11)20(2)3)19-10-12-8-13(18)5-7-15(12)17/h4-9,19H,10H2,1-3H3. The van der Waals surface area contributed by atoms with Gasteiger partial charge in [0.05, 0.1) is 0 Å².